The number of hydrogen-bond acceptors (Lipinski definition) is 4. The van der Waals surface area contributed by atoms with Gasteiger partial charge in [0.15, 0.2) is 0 Å². The van der Waals surface area contributed by atoms with Crippen LogP contribution in [0.15, 0.2) is 6.20 Å². The van der Waals surface area contributed by atoms with Gasteiger partial charge in [-0.15, -0.1) is 0 Å². The molecule has 0 bridgehead atoms. The molecule has 1 aromatic heterocycles. The summed E-state index contributed by atoms with van der Waals surface area (Å²) in [6.45, 7) is 1.23. The van der Waals surface area contributed by atoms with Gasteiger partial charge in [-0.25, -0.2) is 9.97 Å². The van der Waals surface area contributed by atoms with Gasteiger partial charge in [0.25, 0.3) is 0 Å². The smallest absolute Gasteiger partial charge is 0.220 e. The third-order valence-electron chi connectivity index (χ3n) is 4.05. The molecule has 1 saturated heterocycles. The Hall–Kier alpha value is -1.16. The highest BCUT2D eigenvalue weighted by atomic mass is 15.1. The van der Waals surface area contributed by atoms with Gasteiger partial charge in [-0.05, 0) is 50.8 Å². The van der Waals surface area contributed by atoms with Crippen molar-refractivity contribution in [1.82, 2.24) is 14.9 Å². The van der Waals surface area contributed by atoms with Crippen LogP contribution < -0.4 is 5.73 Å². The Morgan fingerprint density at radius 2 is 2.31 bits per heavy atom. The number of nitrogen functional groups attached to an aromatic ring is 1. The predicted octanol–water partition coefficient (Wildman–Crippen LogP) is 0.868. The first-order valence-corrected chi connectivity index (χ1v) is 6.04. The fraction of sp³-hybridized carbons (Fsp3) is 0.667. The minimum Gasteiger partial charge on any atom is -0.368 e. The zero-order chi connectivity index (χ0) is 11.1. The van der Waals surface area contributed by atoms with Crippen LogP contribution >= 0.6 is 0 Å². The molecule has 2 atom stereocenters. The minimum absolute atomic E-state index is 0.418. The van der Waals surface area contributed by atoms with Gasteiger partial charge in [0, 0.05) is 17.9 Å². The first kappa shape index (κ1) is 10.0. The highest BCUT2D eigenvalue weighted by Crippen LogP contribution is 2.33. The summed E-state index contributed by atoms with van der Waals surface area (Å²) in [5.74, 6) is 1.18. The molecule has 1 fully saturated rings. The van der Waals surface area contributed by atoms with Crippen molar-refractivity contribution >= 4 is 5.95 Å². The maximum absolute atomic E-state index is 5.64. The lowest BCUT2D eigenvalue weighted by atomic mass is 9.77. The lowest BCUT2D eigenvalue weighted by molar-refractivity contribution is 0.111. The van der Waals surface area contributed by atoms with E-state index in [0.717, 1.165) is 18.8 Å². The van der Waals surface area contributed by atoms with Crippen LogP contribution in [0.4, 0.5) is 5.95 Å². The Kier molecular flexibility index (Phi) is 2.32. The molecule has 1 aliphatic carbocycles. The SMILES string of the molecule is CN1CCC[C@@H]2Cc3nc(N)ncc3C[C@H]21. The number of nitrogens with two attached hydrogens (primary N) is 1. The summed E-state index contributed by atoms with van der Waals surface area (Å²) in [4.78, 5) is 11.0. The molecular weight excluding hydrogens is 200 g/mol. The lowest BCUT2D eigenvalue weighted by Gasteiger charge is -2.42. The molecule has 0 amide bonds. The maximum atomic E-state index is 5.64. The van der Waals surface area contributed by atoms with Crippen molar-refractivity contribution in [3.05, 3.63) is 17.5 Å². The van der Waals surface area contributed by atoms with E-state index in [0.29, 0.717) is 12.0 Å². The normalized spacial score (nSPS) is 29.6. The molecule has 0 spiro atoms. The first-order valence-electron chi connectivity index (χ1n) is 6.04. The summed E-state index contributed by atoms with van der Waals surface area (Å²) >= 11 is 0. The molecule has 16 heavy (non-hydrogen) atoms. The molecule has 86 valence electrons. The predicted molar refractivity (Wildman–Crippen MR) is 63.0 cm³/mol. The lowest BCUT2D eigenvalue weighted by Crippen LogP contribution is -2.47. The Morgan fingerprint density at radius 1 is 1.44 bits per heavy atom. The van der Waals surface area contributed by atoms with Gasteiger partial charge in [-0.1, -0.05) is 0 Å². The number of hydrogen-bond donors (Lipinski definition) is 1. The van der Waals surface area contributed by atoms with Gasteiger partial charge in [-0.3, -0.25) is 0 Å². The van der Waals surface area contributed by atoms with E-state index < -0.39 is 0 Å². The van der Waals surface area contributed by atoms with Crippen LogP contribution in [-0.4, -0.2) is 34.5 Å². The van der Waals surface area contributed by atoms with Gasteiger partial charge in [0.05, 0.1) is 0 Å². The van der Waals surface area contributed by atoms with Crippen molar-refractivity contribution in [3.63, 3.8) is 0 Å². The van der Waals surface area contributed by atoms with E-state index in [4.69, 9.17) is 5.73 Å². The quantitative estimate of drug-likeness (QED) is 0.702. The van der Waals surface area contributed by atoms with Crippen molar-refractivity contribution in [3.8, 4) is 0 Å². The van der Waals surface area contributed by atoms with E-state index in [-0.39, 0.29) is 0 Å². The summed E-state index contributed by atoms with van der Waals surface area (Å²) in [5, 5.41) is 0. The molecule has 1 aliphatic heterocycles. The molecule has 1 aromatic rings. The molecule has 0 saturated carbocycles. The number of nitrogens with zero attached hydrogens (tertiary/aromatic N) is 3. The van der Waals surface area contributed by atoms with Crippen LogP contribution in [-0.2, 0) is 12.8 Å². The van der Waals surface area contributed by atoms with E-state index in [1.807, 2.05) is 6.20 Å². The fourth-order valence-corrected chi connectivity index (χ4v) is 3.16. The third-order valence-corrected chi connectivity index (χ3v) is 4.05. The number of likely N-dealkylation sites (tertiary alicyclic amines) is 1. The topological polar surface area (TPSA) is 55.0 Å². The van der Waals surface area contributed by atoms with E-state index >= 15 is 0 Å². The zero-order valence-corrected chi connectivity index (χ0v) is 9.69. The van der Waals surface area contributed by atoms with Crippen molar-refractivity contribution in [1.29, 1.82) is 0 Å². The second-order valence-corrected chi connectivity index (χ2v) is 5.06. The molecule has 0 radical (unpaired) electrons. The second-order valence-electron chi connectivity index (χ2n) is 5.06. The Morgan fingerprint density at radius 3 is 3.19 bits per heavy atom. The number of likely N-dealkylation sites (N-methyl/N-ethyl adjacent to an activating group) is 1. The van der Waals surface area contributed by atoms with Crippen LogP contribution in [0.2, 0.25) is 0 Å². The Bertz CT molecular complexity index is 404. The molecule has 0 aromatic carbocycles. The Labute approximate surface area is 95.9 Å². The summed E-state index contributed by atoms with van der Waals surface area (Å²) in [6.07, 6.45) is 6.73. The van der Waals surface area contributed by atoms with Crippen LogP contribution in [0.25, 0.3) is 0 Å². The molecule has 4 nitrogen and oxygen atoms in total. The Balaban J connectivity index is 1.93. The van der Waals surface area contributed by atoms with Crippen molar-refractivity contribution in [2.45, 2.75) is 31.7 Å². The number of aromatic nitrogens is 2. The van der Waals surface area contributed by atoms with Crippen molar-refractivity contribution < 1.29 is 0 Å². The average molecular weight is 218 g/mol. The number of anilines is 1. The van der Waals surface area contributed by atoms with Crippen LogP contribution in [0, 0.1) is 5.92 Å². The average Bonchev–Trinajstić information content (AvgIpc) is 2.27. The number of rotatable bonds is 0. The monoisotopic (exact) mass is 218 g/mol. The molecule has 4 heteroatoms. The highest BCUT2D eigenvalue weighted by molar-refractivity contribution is 5.29. The van der Waals surface area contributed by atoms with Gasteiger partial charge >= 0.3 is 0 Å². The molecule has 2 heterocycles. The largest absolute Gasteiger partial charge is 0.368 e. The summed E-state index contributed by atoms with van der Waals surface area (Å²) < 4.78 is 0. The summed E-state index contributed by atoms with van der Waals surface area (Å²) in [7, 11) is 2.24. The second kappa shape index (κ2) is 3.70. The molecule has 0 unspecified atom stereocenters. The van der Waals surface area contributed by atoms with Gasteiger partial charge < -0.3 is 10.6 Å². The van der Waals surface area contributed by atoms with E-state index in [9.17, 15) is 0 Å². The van der Waals surface area contributed by atoms with Crippen LogP contribution in [0.1, 0.15) is 24.1 Å². The first-order chi connectivity index (χ1) is 7.74. The van der Waals surface area contributed by atoms with Crippen LogP contribution in [0.5, 0.6) is 0 Å². The van der Waals surface area contributed by atoms with Gasteiger partial charge in [0.2, 0.25) is 5.95 Å². The standard InChI is InChI=1S/C12H18N4/c1-16-4-2-3-8-5-10-9(6-11(8)16)7-14-12(13)15-10/h7-8,11H,2-6H2,1H3,(H2,13,14,15)/t8-,11-/m1/s1. The summed E-state index contributed by atoms with van der Waals surface area (Å²) in [5.41, 5.74) is 8.12. The maximum Gasteiger partial charge on any atom is 0.220 e. The summed E-state index contributed by atoms with van der Waals surface area (Å²) in [6, 6.07) is 0.688. The highest BCUT2D eigenvalue weighted by Gasteiger charge is 2.34. The van der Waals surface area contributed by atoms with Gasteiger partial charge in [-0.2, -0.15) is 0 Å². The minimum atomic E-state index is 0.418. The van der Waals surface area contributed by atoms with Crippen molar-refractivity contribution in [2.24, 2.45) is 5.92 Å². The molecule has 2 N–H and O–H groups in total. The molecular formula is C12H18N4. The number of piperidine rings is 1. The fourth-order valence-electron chi connectivity index (χ4n) is 3.16. The van der Waals surface area contributed by atoms with Crippen LogP contribution in [0.3, 0.4) is 0 Å². The molecule has 3 rings (SSSR count). The molecule has 2 aliphatic rings. The van der Waals surface area contributed by atoms with Crippen molar-refractivity contribution in [2.75, 3.05) is 19.3 Å². The zero-order valence-electron chi connectivity index (χ0n) is 9.69. The van der Waals surface area contributed by atoms with E-state index in [1.165, 1.54) is 30.6 Å². The van der Waals surface area contributed by atoms with E-state index in [2.05, 4.69) is 21.9 Å². The van der Waals surface area contributed by atoms with Gasteiger partial charge in [0.1, 0.15) is 0 Å². The number of fused-ring (bicyclic) bond motifs is 2. The third kappa shape index (κ3) is 1.57. The van der Waals surface area contributed by atoms with E-state index in [1.54, 1.807) is 0 Å².